The van der Waals surface area contributed by atoms with Crippen LogP contribution >= 0.6 is 11.8 Å². The maximum Gasteiger partial charge on any atom is 0.147 e. The molecule has 1 rings (SSSR count). The molecule has 1 aromatic heterocycles. The van der Waals surface area contributed by atoms with Crippen molar-refractivity contribution in [2.24, 2.45) is 11.8 Å². The maximum absolute atomic E-state index is 9.04. The molecule has 0 bridgehead atoms. The summed E-state index contributed by atoms with van der Waals surface area (Å²) >= 11 is 1.64. The Kier molecular flexibility index (Phi) is 6.38. The SMILES string of the molecule is CCCc1nc(NN)c(C)c(SCC(C)CO)n1. The van der Waals surface area contributed by atoms with E-state index in [-0.39, 0.29) is 12.5 Å². The van der Waals surface area contributed by atoms with E-state index in [0.29, 0.717) is 5.82 Å². The van der Waals surface area contributed by atoms with E-state index in [1.54, 1.807) is 11.8 Å². The largest absolute Gasteiger partial charge is 0.396 e. The van der Waals surface area contributed by atoms with Crippen molar-refractivity contribution in [1.82, 2.24) is 9.97 Å². The Morgan fingerprint density at radius 2 is 2.17 bits per heavy atom. The molecule has 5 nitrogen and oxygen atoms in total. The normalized spacial score (nSPS) is 12.5. The van der Waals surface area contributed by atoms with Gasteiger partial charge < -0.3 is 10.5 Å². The highest BCUT2D eigenvalue weighted by atomic mass is 32.2. The number of hydrazine groups is 1. The van der Waals surface area contributed by atoms with Gasteiger partial charge in [0.05, 0.1) is 0 Å². The molecule has 0 fully saturated rings. The number of rotatable bonds is 7. The predicted octanol–water partition coefficient (Wildman–Crippen LogP) is 1.74. The second kappa shape index (κ2) is 7.56. The average Bonchev–Trinajstić information content (AvgIpc) is 2.38. The summed E-state index contributed by atoms with van der Waals surface area (Å²) in [5.41, 5.74) is 3.59. The zero-order valence-corrected chi connectivity index (χ0v) is 12.0. The van der Waals surface area contributed by atoms with Crippen molar-refractivity contribution in [3.8, 4) is 0 Å². The fourth-order valence-corrected chi connectivity index (χ4v) is 2.46. The zero-order valence-electron chi connectivity index (χ0n) is 11.2. The van der Waals surface area contributed by atoms with Crippen LogP contribution in [0, 0.1) is 12.8 Å². The molecule has 0 amide bonds. The number of nitrogens with zero attached hydrogens (tertiary/aromatic N) is 2. The molecule has 1 unspecified atom stereocenters. The van der Waals surface area contributed by atoms with Gasteiger partial charge in [-0.25, -0.2) is 15.8 Å². The smallest absolute Gasteiger partial charge is 0.147 e. The monoisotopic (exact) mass is 270 g/mol. The van der Waals surface area contributed by atoms with Gasteiger partial charge in [0.15, 0.2) is 0 Å². The summed E-state index contributed by atoms with van der Waals surface area (Å²) < 4.78 is 0. The molecule has 102 valence electrons. The predicted molar refractivity (Wildman–Crippen MR) is 75.5 cm³/mol. The molecule has 0 aliphatic carbocycles. The topological polar surface area (TPSA) is 84.1 Å². The maximum atomic E-state index is 9.04. The molecule has 1 aromatic rings. The quantitative estimate of drug-likeness (QED) is 0.303. The Morgan fingerprint density at radius 3 is 2.72 bits per heavy atom. The molecule has 1 atom stereocenters. The lowest BCUT2D eigenvalue weighted by atomic mass is 10.2. The third kappa shape index (κ3) is 4.12. The lowest BCUT2D eigenvalue weighted by Crippen LogP contribution is -2.13. The van der Waals surface area contributed by atoms with Crippen LogP contribution < -0.4 is 11.3 Å². The fourth-order valence-electron chi connectivity index (χ4n) is 1.43. The third-order valence-corrected chi connectivity index (χ3v) is 3.98. The summed E-state index contributed by atoms with van der Waals surface area (Å²) in [6, 6.07) is 0. The van der Waals surface area contributed by atoms with Crippen molar-refractivity contribution in [2.75, 3.05) is 17.8 Å². The fraction of sp³-hybridized carbons (Fsp3) is 0.667. The van der Waals surface area contributed by atoms with Crippen molar-refractivity contribution in [2.45, 2.75) is 38.6 Å². The van der Waals surface area contributed by atoms with Crippen molar-refractivity contribution in [3.63, 3.8) is 0 Å². The first kappa shape index (κ1) is 15.2. The number of anilines is 1. The third-order valence-electron chi connectivity index (χ3n) is 2.57. The van der Waals surface area contributed by atoms with E-state index in [1.807, 2.05) is 13.8 Å². The Morgan fingerprint density at radius 1 is 1.44 bits per heavy atom. The highest BCUT2D eigenvalue weighted by Crippen LogP contribution is 2.26. The second-order valence-corrected chi connectivity index (χ2v) is 5.42. The minimum atomic E-state index is 0.195. The summed E-state index contributed by atoms with van der Waals surface area (Å²) in [7, 11) is 0. The van der Waals surface area contributed by atoms with Gasteiger partial charge in [0, 0.05) is 24.3 Å². The van der Waals surface area contributed by atoms with E-state index in [9.17, 15) is 0 Å². The Balaban J connectivity index is 2.90. The lowest BCUT2D eigenvalue weighted by Gasteiger charge is -2.13. The van der Waals surface area contributed by atoms with Crippen LogP contribution in [-0.4, -0.2) is 27.4 Å². The van der Waals surface area contributed by atoms with Gasteiger partial charge in [-0.1, -0.05) is 13.8 Å². The summed E-state index contributed by atoms with van der Waals surface area (Å²) in [6.45, 7) is 6.26. The number of hydrogen-bond donors (Lipinski definition) is 3. The highest BCUT2D eigenvalue weighted by molar-refractivity contribution is 7.99. The van der Waals surface area contributed by atoms with E-state index in [0.717, 1.165) is 35.0 Å². The van der Waals surface area contributed by atoms with Crippen LogP contribution in [0.4, 0.5) is 5.82 Å². The van der Waals surface area contributed by atoms with Crippen LogP contribution in [0.2, 0.25) is 0 Å². The number of aromatic nitrogens is 2. The molecule has 0 spiro atoms. The van der Waals surface area contributed by atoms with E-state index >= 15 is 0 Å². The molecule has 6 heteroatoms. The first-order chi connectivity index (χ1) is 8.62. The van der Waals surface area contributed by atoms with Crippen molar-refractivity contribution in [3.05, 3.63) is 11.4 Å². The van der Waals surface area contributed by atoms with Crippen molar-refractivity contribution in [1.29, 1.82) is 0 Å². The van der Waals surface area contributed by atoms with Crippen molar-refractivity contribution >= 4 is 17.6 Å². The van der Waals surface area contributed by atoms with Gasteiger partial charge in [0.25, 0.3) is 0 Å². The number of aliphatic hydroxyl groups excluding tert-OH is 1. The van der Waals surface area contributed by atoms with Crippen LogP contribution in [0.1, 0.15) is 31.7 Å². The van der Waals surface area contributed by atoms with Crippen molar-refractivity contribution < 1.29 is 5.11 Å². The molecule has 1 heterocycles. The van der Waals surface area contributed by atoms with Crippen LogP contribution in [0.15, 0.2) is 5.03 Å². The second-order valence-electron chi connectivity index (χ2n) is 4.41. The van der Waals surface area contributed by atoms with Crippen LogP contribution in [0.5, 0.6) is 0 Å². The molecule has 0 aliphatic heterocycles. The van der Waals surface area contributed by atoms with Crippen LogP contribution in [0.25, 0.3) is 0 Å². The summed E-state index contributed by atoms with van der Waals surface area (Å²) in [4.78, 5) is 8.93. The summed E-state index contributed by atoms with van der Waals surface area (Å²) in [6.07, 6.45) is 1.85. The molecule has 0 saturated heterocycles. The molecule has 0 saturated carbocycles. The van der Waals surface area contributed by atoms with Gasteiger partial charge in [0.1, 0.15) is 16.7 Å². The number of hydrogen-bond acceptors (Lipinski definition) is 6. The van der Waals surface area contributed by atoms with Gasteiger partial charge in [-0.3, -0.25) is 0 Å². The van der Waals surface area contributed by atoms with E-state index in [1.165, 1.54) is 0 Å². The van der Waals surface area contributed by atoms with E-state index in [4.69, 9.17) is 10.9 Å². The molecule has 4 N–H and O–H groups in total. The molecule has 0 aromatic carbocycles. The first-order valence-corrected chi connectivity index (χ1v) is 7.18. The molecule has 0 aliphatic rings. The standard InChI is InChI=1S/C12H22N4OS/c1-4-5-10-14-11(16-13)9(3)12(15-10)18-7-8(2)6-17/h8,17H,4-7,13H2,1-3H3,(H,14,15,16). The number of nitrogens with two attached hydrogens (primary N) is 1. The number of aliphatic hydroxyl groups is 1. The number of thioether (sulfide) groups is 1. The Hall–Kier alpha value is -0.850. The van der Waals surface area contributed by atoms with Gasteiger partial charge in [-0.05, 0) is 19.3 Å². The van der Waals surface area contributed by atoms with Crippen LogP contribution in [-0.2, 0) is 6.42 Å². The van der Waals surface area contributed by atoms with Gasteiger partial charge >= 0.3 is 0 Å². The Bertz CT molecular complexity index is 387. The minimum absolute atomic E-state index is 0.195. The van der Waals surface area contributed by atoms with Gasteiger partial charge in [-0.15, -0.1) is 11.8 Å². The molecular formula is C12H22N4OS. The van der Waals surface area contributed by atoms with Gasteiger partial charge in [0.2, 0.25) is 0 Å². The summed E-state index contributed by atoms with van der Waals surface area (Å²) in [5.74, 6) is 8.07. The molecule has 0 radical (unpaired) electrons. The minimum Gasteiger partial charge on any atom is -0.396 e. The number of nitrogen functional groups attached to an aromatic ring is 1. The highest BCUT2D eigenvalue weighted by Gasteiger charge is 2.11. The molecular weight excluding hydrogens is 248 g/mol. The lowest BCUT2D eigenvalue weighted by molar-refractivity contribution is 0.250. The van der Waals surface area contributed by atoms with E-state index < -0.39 is 0 Å². The zero-order chi connectivity index (χ0) is 13.5. The Labute approximate surface area is 113 Å². The number of nitrogens with one attached hydrogen (secondary N) is 1. The first-order valence-electron chi connectivity index (χ1n) is 6.20. The average molecular weight is 270 g/mol. The van der Waals surface area contributed by atoms with Crippen LogP contribution in [0.3, 0.4) is 0 Å². The number of aryl methyl sites for hydroxylation is 1. The summed E-state index contributed by atoms with van der Waals surface area (Å²) in [5, 5.41) is 9.99. The van der Waals surface area contributed by atoms with E-state index in [2.05, 4.69) is 22.3 Å². The van der Waals surface area contributed by atoms with Gasteiger partial charge in [-0.2, -0.15) is 0 Å². The molecule has 18 heavy (non-hydrogen) atoms.